The Hall–Kier alpha value is -2.44. The van der Waals surface area contributed by atoms with E-state index >= 15 is 0 Å². The van der Waals surface area contributed by atoms with Crippen molar-refractivity contribution < 1.29 is 9.32 Å². The largest absolute Gasteiger partial charge is 0.360 e. The van der Waals surface area contributed by atoms with Gasteiger partial charge in [0.05, 0.1) is 5.69 Å². The minimum Gasteiger partial charge on any atom is -0.360 e. The number of aryl methyl sites for hydroxylation is 3. The van der Waals surface area contributed by atoms with Crippen LogP contribution in [0.4, 0.5) is 5.82 Å². The zero-order valence-electron chi connectivity index (χ0n) is 14.8. The maximum Gasteiger partial charge on any atom is 0.273 e. The molecule has 2 aromatic heterocycles. The normalized spacial score (nSPS) is 19.0. The van der Waals surface area contributed by atoms with Gasteiger partial charge in [0.1, 0.15) is 5.76 Å². The summed E-state index contributed by atoms with van der Waals surface area (Å²) in [6.45, 7) is 2.48. The number of fused-ring (bicyclic) bond motifs is 2. The summed E-state index contributed by atoms with van der Waals surface area (Å²) in [4.78, 5) is 14.7. The Labute approximate surface area is 152 Å². The van der Waals surface area contributed by atoms with E-state index in [9.17, 15) is 4.79 Å². The van der Waals surface area contributed by atoms with Crippen molar-refractivity contribution in [1.82, 2.24) is 20.7 Å². The van der Waals surface area contributed by atoms with Crippen molar-refractivity contribution in [2.24, 2.45) is 5.92 Å². The SMILES string of the molecule is O=C(NCC1CN(c2cc3c(nn2)CCC3)C1)c1noc2c1CCCC2. The summed E-state index contributed by atoms with van der Waals surface area (Å²) < 4.78 is 5.33. The van der Waals surface area contributed by atoms with Crippen molar-refractivity contribution in [2.45, 2.75) is 44.9 Å². The third-order valence-corrected chi connectivity index (χ3v) is 5.80. The van der Waals surface area contributed by atoms with E-state index in [0.29, 0.717) is 18.2 Å². The van der Waals surface area contributed by atoms with E-state index in [-0.39, 0.29) is 5.91 Å². The van der Waals surface area contributed by atoms with Gasteiger partial charge in [0.15, 0.2) is 11.5 Å². The fourth-order valence-electron chi connectivity index (χ4n) is 4.24. The highest BCUT2D eigenvalue weighted by Gasteiger charge is 2.30. The molecule has 0 atom stereocenters. The second-order valence-electron chi connectivity index (χ2n) is 7.65. The fourth-order valence-corrected chi connectivity index (χ4v) is 4.24. The second-order valence-corrected chi connectivity index (χ2v) is 7.65. The number of rotatable bonds is 4. The Morgan fingerprint density at radius 3 is 2.96 bits per heavy atom. The van der Waals surface area contributed by atoms with Crippen LogP contribution in [0.2, 0.25) is 0 Å². The van der Waals surface area contributed by atoms with Crippen molar-refractivity contribution in [3.05, 3.63) is 34.3 Å². The molecule has 7 nitrogen and oxygen atoms in total. The number of hydrogen-bond acceptors (Lipinski definition) is 6. The van der Waals surface area contributed by atoms with Crippen molar-refractivity contribution >= 4 is 11.7 Å². The summed E-state index contributed by atoms with van der Waals surface area (Å²) in [6.07, 6.45) is 7.38. The molecule has 0 radical (unpaired) electrons. The third-order valence-electron chi connectivity index (χ3n) is 5.80. The number of aromatic nitrogens is 3. The van der Waals surface area contributed by atoms with Crippen LogP contribution < -0.4 is 10.2 Å². The standard InChI is InChI=1S/C19H23N5O2/c25-19(18-14-5-1-2-7-16(14)26-23-18)20-9-12-10-24(11-12)17-8-13-4-3-6-15(13)21-22-17/h8,12H,1-7,9-11H2,(H,20,25). The molecule has 0 aromatic carbocycles. The van der Waals surface area contributed by atoms with E-state index in [0.717, 1.165) is 74.4 Å². The molecule has 3 heterocycles. The Kier molecular flexibility index (Phi) is 3.87. The maximum atomic E-state index is 12.4. The minimum absolute atomic E-state index is 0.104. The van der Waals surface area contributed by atoms with E-state index in [4.69, 9.17) is 4.52 Å². The minimum atomic E-state index is -0.104. The smallest absolute Gasteiger partial charge is 0.273 e. The first kappa shape index (κ1) is 15.8. The second kappa shape index (κ2) is 6.37. The molecule has 1 saturated heterocycles. The molecule has 1 aliphatic heterocycles. The lowest BCUT2D eigenvalue weighted by Crippen LogP contribution is -2.52. The van der Waals surface area contributed by atoms with Crippen molar-refractivity contribution in [2.75, 3.05) is 24.5 Å². The molecule has 0 unspecified atom stereocenters. The van der Waals surface area contributed by atoms with Crippen molar-refractivity contribution in [1.29, 1.82) is 0 Å². The summed E-state index contributed by atoms with van der Waals surface area (Å²) in [5, 5.41) is 15.7. The average molecular weight is 353 g/mol. The monoisotopic (exact) mass is 353 g/mol. The van der Waals surface area contributed by atoms with Crippen LogP contribution in [0.15, 0.2) is 10.6 Å². The highest BCUT2D eigenvalue weighted by molar-refractivity contribution is 5.93. The predicted octanol–water partition coefficient (Wildman–Crippen LogP) is 1.70. The molecule has 1 fully saturated rings. The number of carbonyl (C=O) groups excluding carboxylic acids is 1. The molecule has 0 bridgehead atoms. The molecule has 136 valence electrons. The van der Waals surface area contributed by atoms with Gasteiger partial charge in [-0.3, -0.25) is 4.79 Å². The summed E-state index contributed by atoms with van der Waals surface area (Å²) >= 11 is 0. The average Bonchev–Trinajstić information content (AvgIpc) is 3.26. The molecular formula is C19H23N5O2. The van der Waals surface area contributed by atoms with E-state index in [1.807, 2.05) is 0 Å². The zero-order valence-corrected chi connectivity index (χ0v) is 14.8. The number of nitrogens with zero attached hydrogens (tertiary/aromatic N) is 4. The van der Waals surface area contributed by atoms with Crippen molar-refractivity contribution in [3.63, 3.8) is 0 Å². The lowest BCUT2D eigenvalue weighted by atomic mass is 9.96. The third kappa shape index (κ3) is 2.75. The first-order chi connectivity index (χ1) is 12.8. The molecule has 2 aromatic rings. The van der Waals surface area contributed by atoms with Crippen LogP contribution in [0.1, 0.15) is 52.3 Å². The van der Waals surface area contributed by atoms with E-state index in [2.05, 4.69) is 31.6 Å². The zero-order chi connectivity index (χ0) is 17.5. The molecule has 0 saturated carbocycles. The highest BCUT2D eigenvalue weighted by atomic mass is 16.5. The van der Waals surface area contributed by atoms with Crippen LogP contribution in [0.5, 0.6) is 0 Å². The van der Waals surface area contributed by atoms with Crippen molar-refractivity contribution in [3.8, 4) is 0 Å². The molecule has 26 heavy (non-hydrogen) atoms. The topological polar surface area (TPSA) is 84.2 Å². The Balaban J connectivity index is 1.15. The molecule has 5 rings (SSSR count). The van der Waals surface area contributed by atoms with Crippen LogP contribution in [0.25, 0.3) is 0 Å². The van der Waals surface area contributed by atoms with Gasteiger partial charge in [0.25, 0.3) is 5.91 Å². The van der Waals surface area contributed by atoms with Gasteiger partial charge in [-0.25, -0.2) is 0 Å². The molecular weight excluding hydrogens is 330 g/mol. The van der Waals surface area contributed by atoms with Crippen LogP contribution in [-0.4, -0.2) is 40.9 Å². The molecule has 2 aliphatic carbocycles. The van der Waals surface area contributed by atoms with Gasteiger partial charge in [0.2, 0.25) is 0 Å². The van der Waals surface area contributed by atoms with Crippen LogP contribution in [0.3, 0.4) is 0 Å². The maximum absolute atomic E-state index is 12.4. The predicted molar refractivity (Wildman–Crippen MR) is 95.2 cm³/mol. The van der Waals surface area contributed by atoms with E-state index < -0.39 is 0 Å². The van der Waals surface area contributed by atoms with E-state index in [1.54, 1.807) is 0 Å². The number of anilines is 1. The first-order valence-electron chi connectivity index (χ1n) is 9.64. The van der Waals surface area contributed by atoms with E-state index in [1.165, 1.54) is 12.0 Å². The van der Waals surface area contributed by atoms with Gasteiger partial charge in [-0.15, -0.1) is 5.10 Å². The van der Waals surface area contributed by atoms with Crippen LogP contribution in [-0.2, 0) is 25.7 Å². The van der Waals surface area contributed by atoms with Gasteiger partial charge < -0.3 is 14.7 Å². The quantitative estimate of drug-likeness (QED) is 0.901. The number of hydrogen-bond donors (Lipinski definition) is 1. The number of carbonyl (C=O) groups is 1. The summed E-state index contributed by atoms with van der Waals surface area (Å²) in [5.74, 6) is 2.20. The molecule has 1 amide bonds. The molecule has 1 N–H and O–H groups in total. The van der Waals surface area contributed by atoms with Gasteiger partial charge in [0, 0.05) is 37.5 Å². The Morgan fingerprint density at radius 2 is 2.04 bits per heavy atom. The summed E-state index contributed by atoms with van der Waals surface area (Å²) in [5.41, 5.74) is 4.01. The lowest BCUT2D eigenvalue weighted by Gasteiger charge is -2.40. The fraction of sp³-hybridized carbons (Fsp3) is 0.579. The lowest BCUT2D eigenvalue weighted by molar-refractivity contribution is 0.0934. The van der Waals surface area contributed by atoms with Gasteiger partial charge >= 0.3 is 0 Å². The van der Waals surface area contributed by atoms with Gasteiger partial charge in [-0.05, 0) is 50.2 Å². The molecule has 0 spiro atoms. The Morgan fingerprint density at radius 1 is 1.15 bits per heavy atom. The number of nitrogens with one attached hydrogen (secondary N) is 1. The van der Waals surface area contributed by atoms with Crippen LogP contribution >= 0.6 is 0 Å². The molecule has 7 heteroatoms. The molecule has 3 aliphatic rings. The first-order valence-corrected chi connectivity index (χ1v) is 9.64. The number of amides is 1. The summed E-state index contributed by atoms with van der Waals surface area (Å²) in [7, 11) is 0. The Bertz CT molecular complexity index is 840. The highest BCUT2D eigenvalue weighted by Crippen LogP contribution is 2.27. The van der Waals surface area contributed by atoms with Gasteiger partial charge in [-0.2, -0.15) is 5.10 Å². The van der Waals surface area contributed by atoms with Crippen LogP contribution in [0, 0.1) is 5.92 Å². The van der Waals surface area contributed by atoms with Gasteiger partial charge in [-0.1, -0.05) is 5.16 Å². The summed E-state index contributed by atoms with van der Waals surface area (Å²) in [6, 6.07) is 2.19.